The molecule has 0 saturated heterocycles. The van der Waals surface area contributed by atoms with E-state index in [1.807, 2.05) is 13.8 Å². The van der Waals surface area contributed by atoms with Crippen LogP contribution in [0.25, 0.3) is 0 Å². The van der Waals surface area contributed by atoms with Crippen molar-refractivity contribution in [3.63, 3.8) is 0 Å². The van der Waals surface area contributed by atoms with Crippen LogP contribution in [0, 0.1) is 0 Å². The Morgan fingerprint density at radius 3 is 1.94 bits per heavy atom. The van der Waals surface area contributed by atoms with Crippen molar-refractivity contribution in [1.82, 2.24) is 0 Å². The van der Waals surface area contributed by atoms with Crippen molar-refractivity contribution in [2.24, 2.45) is 0 Å². The van der Waals surface area contributed by atoms with Gasteiger partial charge in [0.2, 0.25) is 0 Å². The lowest BCUT2D eigenvalue weighted by Gasteiger charge is -2.27. The molecule has 0 bridgehead atoms. The molecule has 0 aromatic heterocycles. The lowest BCUT2D eigenvalue weighted by Crippen LogP contribution is -2.31. The van der Waals surface area contributed by atoms with Crippen LogP contribution >= 0.6 is 0 Å². The van der Waals surface area contributed by atoms with Gasteiger partial charge in [0.15, 0.2) is 23.1 Å². The molecular weight excluding hydrogens is 404 g/mol. The Hall–Kier alpha value is -3.18. The molecule has 32 heavy (non-hydrogen) atoms. The molecule has 0 atom stereocenters. The summed E-state index contributed by atoms with van der Waals surface area (Å²) in [5, 5.41) is 9.07. The number of benzene rings is 1. The molecule has 166 valence electrons. The molecule has 0 unspecified atom stereocenters. The Bertz CT molecular complexity index is 1150. The predicted octanol–water partition coefficient (Wildman–Crippen LogP) is 4.45. The van der Waals surface area contributed by atoms with Gasteiger partial charge in [0, 0.05) is 51.2 Å². The van der Waals surface area contributed by atoms with Crippen molar-refractivity contribution in [1.29, 1.82) is 0 Å². The molecule has 3 aliphatic rings. The smallest absolute Gasteiger partial charge is 0.194 e. The molecule has 1 aromatic carbocycles. The quantitative estimate of drug-likeness (QED) is 0.759. The summed E-state index contributed by atoms with van der Waals surface area (Å²) in [5.41, 5.74) is 2.59. The minimum absolute atomic E-state index is 0.0296. The molecule has 0 heterocycles. The molecule has 0 fully saturated rings. The number of hydrogen-bond donors (Lipinski definition) is 1. The first-order valence-electron chi connectivity index (χ1n) is 11.1. The number of carbonyl (C=O) groups is 4. The molecule has 0 radical (unpaired) electrons. The molecule has 1 aromatic rings. The normalized spacial score (nSPS) is 18.0. The second-order valence-corrected chi connectivity index (χ2v) is 7.84. The van der Waals surface area contributed by atoms with Gasteiger partial charge >= 0.3 is 0 Å². The van der Waals surface area contributed by atoms with E-state index < -0.39 is 5.78 Å². The van der Waals surface area contributed by atoms with Gasteiger partial charge in [-0.05, 0) is 51.2 Å². The van der Waals surface area contributed by atoms with Gasteiger partial charge in [0.05, 0.1) is 0 Å². The van der Waals surface area contributed by atoms with E-state index in [0.29, 0.717) is 42.4 Å². The molecule has 0 amide bonds. The first-order valence-corrected chi connectivity index (χ1v) is 11.1. The second kappa shape index (κ2) is 9.53. The molecular formula is C27H28O5. The van der Waals surface area contributed by atoms with Crippen LogP contribution in [-0.4, -0.2) is 34.8 Å². The van der Waals surface area contributed by atoms with Gasteiger partial charge in [-0.3, -0.25) is 19.2 Å². The van der Waals surface area contributed by atoms with Crippen LogP contribution in [-0.2, 0) is 16.0 Å². The van der Waals surface area contributed by atoms with Crippen LogP contribution in [0.2, 0.25) is 0 Å². The summed E-state index contributed by atoms with van der Waals surface area (Å²) in [6.45, 7) is 7.12. The predicted molar refractivity (Wildman–Crippen MR) is 123 cm³/mol. The summed E-state index contributed by atoms with van der Waals surface area (Å²) in [6, 6.07) is 5.07. The monoisotopic (exact) mass is 432 g/mol. The third-order valence-electron chi connectivity index (χ3n) is 5.98. The van der Waals surface area contributed by atoms with E-state index in [0.717, 1.165) is 5.56 Å². The minimum Gasteiger partial charge on any atom is -0.396 e. The number of hydrogen-bond acceptors (Lipinski definition) is 5. The van der Waals surface area contributed by atoms with Gasteiger partial charge in [-0.1, -0.05) is 38.1 Å². The molecule has 5 nitrogen and oxygen atoms in total. The number of Topliss-reactive ketones (excluding diaryl/α,β-unsaturated/α-hetero) is 4. The highest BCUT2D eigenvalue weighted by Gasteiger charge is 2.40. The van der Waals surface area contributed by atoms with Crippen molar-refractivity contribution in [3.8, 4) is 0 Å². The Morgan fingerprint density at radius 2 is 1.31 bits per heavy atom. The number of rotatable bonds is 4. The lowest BCUT2D eigenvalue weighted by atomic mass is 9.72. The van der Waals surface area contributed by atoms with Gasteiger partial charge in [0.25, 0.3) is 0 Å². The Morgan fingerprint density at radius 1 is 0.750 bits per heavy atom. The first-order chi connectivity index (χ1) is 15.4. The van der Waals surface area contributed by atoms with E-state index in [4.69, 9.17) is 5.11 Å². The second-order valence-electron chi connectivity index (χ2n) is 7.84. The van der Waals surface area contributed by atoms with Crippen LogP contribution in [0.15, 0.2) is 63.8 Å². The molecule has 0 aliphatic heterocycles. The van der Waals surface area contributed by atoms with Crippen molar-refractivity contribution in [3.05, 3.63) is 80.5 Å². The van der Waals surface area contributed by atoms with Gasteiger partial charge in [-0.2, -0.15) is 0 Å². The average Bonchev–Trinajstić information content (AvgIpc) is 2.83. The minimum atomic E-state index is -0.410. The van der Waals surface area contributed by atoms with E-state index in [2.05, 4.69) is 0 Å². The van der Waals surface area contributed by atoms with Crippen LogP contribution in [0.3, 0.4) is 0 Å². The Balaban J connectivity index is 0.00000141. The van der Waals surface area contributed by atoms with Crippen LogP contribution < -0.4 is 0 Å². The molecule has 5 heteroatoms. The zero-order valence-corrected chi connectivity index (χ0v) is 19.0. The maximum absolute atomic E-state index is 13.5. The highest BCUT2D eigenvalue weighted by Crippen LogP contribution is 2.39. The van der Waals surface area contributed by atoms with Gasteiger partial charge in [-0.25, -0.2) is 0 Å². The number of carbonyl (C=O) groups excluding carboxylic acids is 4. The molecule has 0 saturated carbocycles. The molecule has 3 aliphatic carbocycles. The summed E-state index contributed by atoms with van der Waals surface area (Å²) in [7, 11) is 0. The number of fused-ring (bicyclic) bond motifs is 2. The molecule has 1 N–H and O–H groups in total. The van der Waals surface area contributed by atoms with E-state index in [1.165, 1.54) is 6.92 Å². The van der Waals surface area contributed by atoms with Crippen molar-refractivity contribution in [2.45, 2.75) is 53.4 Å². The van der Waals surface area contributed by atoms with E-state index >= 15 is 0 Å². The van der Waals surface area contributed by atoms with Gasteiger partial charge in [-0.15, -0.1) is 0 Å². The first kappa shape index (κ1) is 23.5. The number of aryl methyl sites for hydroxylation is 1. The van der Waals surface area contributed by atoms with Crippen LogP contribution in [0.5, 0.6) is 0 Å². The zero-order chi connectivity index (χ0) is 23.6. The Kier molecular flexibility index (Phi) is 6.99. The summed E-state index contributed by atoms with van der Waals surface area (Å²) in [4.78, 5) is 52.7. The zero-order valence-electron chi connectivity index (χ0n) is 19.0. The highest BCUT2D eigenvalue weighted by molar-refractivity contribution is 6.38. The van der Waals surface area contributed by atoms with Crippen molar-refractivity contribution in [2.75, 3.05) is 6.61 Å². The number of aliphatic hydroxyl groups excluding tert-OH is 1. The molecule has 4 rings (SSSR count). The largest absolute Gasteiger partial charge is 0.396 e. The number of aliphatic hydroxyl groups is 1. The fraction of sp³-hybridized carbons (Fsp3) is 0.333. The van der Waals surface area contributed by atoms with Gasteiger partial charge in [0.1, 0.15) is 0 Å². The summed E-state index contributed by atoms with van der Waals surface area (Å²) in [5.74, 6) is -1.35. The molecule has 0 spiro atoms. The fourth-order valence-corrected chi connectivity index (χ4v) is 4.36. The van der Waals surface area contributed by atoms with E-state index in [1.54, 1.807) is 37.3 Å². The van der Waals surface area contributed by atoms with Crippen molar-refractivity contribution < 1.29 is 24.3 Å². The topological polar surface area (TPSA) is 88.5 Å². The third kappa shape index (κ3) is 3.78. The van der Waals surface area contributed by atoms with Gasteiger partial charge < -0.3 is 5.11 Å². The highest BCUT2D eigenvalue weighted by atomic mass is 16.3. The van der Waals surface area contributed by atoms with E-state index in [9.17, 15) is 19.2 Å². The number of ketones is 4. The Labute approximate surface area is 188 Å². The summed E-state index contributed by atoms with van der Waals surface area (Å²) < 4.78 is 0. The van der Waals surface area contributed by atoms with Crippen molar-refractivity contribution >= 4 is 23.1 Å². The third-order valence-corrected chi connectivity index (χ3v) is 5.98. The summed E-state index contributed by atoms with van der Waals surface area (Å²) in [6.07, 6.45) is 5.99. The maximum Gasteiger partial charge on any atom is 0.194 e. The fourth-order valence-electron chi connectivity index (χ4n) is 4.36. The average molecular weight is 433 g/mol. The van der Waals surface area contributed by atoms with Crippen LogP contribution in [0.4, 0.5) is 0 Å². The lowest BCUT2D eigenvalue weighted by molar-refractivity contribution is -0.116. The summed E-state index contributed by atoms with van der Waals surface area (Å²) >= 11 is 0. The number of allylic oxidation sites excluding steroid dienone is 8. The maximum atomic E-state index is 13.5. The van der Waals surface area contributed by atoms with Crippen LogP contribution in [0.1, 0.15) is 73.2 Å². The SMILES string of the molecule is CC.CC1=C(C2=C(C)C(=O)c3ccc(CCCO)cc3C2=O)C(=O)C2=CCCC=C2C1=O. The standard InChI is InChI=1S/C25H22O5.C2H6/c1-13-20(24(29)17-8-4-3-7-16(17)22(13)27)21-14(2)23(28)18-10-9-15(6-5-11-26)12-19(18)25(21)30;1-2/h7-10,12,26H,3-6,11H2,1-2H3;1-2H3. The van der Waals surface area contributed by atoms with E-state index in [-0.39, 0.29) is 51.8 Å².